The second-order valence-electron chi connectivity index (χ2n) is 9.29. The Hall–Kier alpha value is -1.10. The van der Waals surface area contributed by atoms with Crippen LogP contribution in [-0.4, -0.2) is 39.1 Å². The molecule has 0 bridgehead atoms. The fraction of sp³-hybridized carbons (Fsp3) is 0.769. The zero-order valence-corrected chi connectivity index (χ0v) is 21.0. The largest absolute Gasteiger partial charge is 0.493 e. The van der Waals surface area contributed by atoms with Gasteiger partial charge in [0, 0.05) is 20.7 Å². The van der Waals surface area contributed by atoms with Crippen LogP contribution in [0.15, 0.2) is 24.3 Å². The van der Waals surface area contributed by atoms with Gasteiger partial charge in [0.25, 0.3) is 0 Å². The van der Waals surface area contributed by atoms with Gasteiger partial charge in [-0.2, -0.15) is 0 Å². The fourth-order valence-corrected chi connectivity index (χ4v) is 3.16. The average molecular weight is 426 g/mol. The summed E-state index contributed by atoms with van der Waals surface area (Å²) in [6, 6.07) is 8.58. The number of unbranched alkanes of at least 4 members (excludes halogenated alkanes) is 1. The maximum Gasteiger partial charge on any atom is 0.119 e. The number of nitrogens with one attached hydrogen (secondary N) is 1. The molecule has 0 atom stereocenters. The summed E-state index contributed by atoms with van der Waals surface area (Å²) in [4.78, 5) is 0. The van der Waals surface area contributed by atoms with Gasteiger partial charge in [0.2, 0.25) is 0 Å². The maximum atomic E-state index is 7.00. The van der Waals surface area contributed by atoms with Gasteiger partial charge in [0.1, 0.15) is 5.75 Å². The topological polar surface area (TPSA) is 50.7 Å². The van der Waals surface area contributed by atoms with Crippen molar-refractivity contribution in [1.29, 1.82) is 0 Å². The lowest BCUT2D eigenvalue weighted by Gasteiger charge is -2.32. The Balaban J connectivity index is 0. The lowest BCUT2D eigenvalue weighted by Crippen LogP contribution is -2.38. The molecule has 30 heavy (non-hydrogen) atoms. The molecule has 0 aliphatic heterocycles. The third-order valence-corrected chi connectivity index (χ3v) is 5.43. The van der Waals surface area contributed by atoms with Crippen molar-refractivity contribution in [2.75, 3.05) is 34.0 Å². The molecule has 4 nitrogen and oxygen atoms in total. The maximum absolute atomic E-state index is 7.00. The molecule has 178 valence electrons. The van der Waals surface area contributed by atoms with Gasteiger partial charge in [-0.15, -0.1) is 0 Å². The van der Waals surface area contributed by atoms with E-state index in [-0.39, 0.29) is 6.97 Å². The molecule has 0 heterocycles. The minimum atomic E-state index is 0. The number of rotatable bonds is 11. The zero-order chi connectivity index (χ0) is 23.0. The Morgan fingerprint density at radius 2 is 1.73 bits per heavy atom. The van der Waals surface area contributed by atoms with Crippen LogP contribution in [-0.2, 0) is 10.3 Å². The number of hydrogen-bond donors (Lipinski definition) is 2. The molecule has 1 aliphatic rings. The van der Waals surface area contributed by atoms with Gasteiger partial charge >= 0.3 is 0 Å². The first-order valence-electron chi connectivity index (χ1n) is 11.7. The van der Waals surface area contributed by atoms with Crippen molar-refractivity contribution in [3.63, 3.8) is 0 Å². The fourth-order valence-electron chi connectivity index (χ4n) is 3.16. The second kappa shape index (κ2) is 15.7. The van der Waals surface area contributed by atoms with Crippen molar-refractivity contribution in [2.45, 2.75) is 85.6 Å². The summed E-state index contributed by atoms with van der Waals surface area (Å²) in [5, 5.41) is 10.5. The molecule has 0 saturated heterocycles. The van der Waals surface area contributed by atoms with Crippen LogP contribution in [0, 0.1) is 11.3 Å². The summed E-state index contributed by atoms with van der Waals surface area (Å²) in [7, 11) is 3.05. The van der Waals surface area contributed by atoms with E-state index in [0.717, 1.165) is 51.4 Å². The summed E-state index contributed by atoms with van der Waals surface area (Å²) in [5.74, 6) is 1.82. The van der Waals surface area contributed by atoms with Crippen LogP contribution < -0.4 is 10.1 Å². The second-order valence-corrected chi connectivity index (χ2v) is 9.29. The molecule has 0 spiro atoms. The number of aliphatic hydroxyl groups is 1. The predicted molar refractivity (Wildman–Crippen MR) is 131 cm³/mol. The standard InChI is InChI=1S/C16H25NO.C9H20O.CH4O.H2/c1-4-16(5-2,17-3)14-7-6-8-15(11-14)18-12-13-9-10-13;1-5-6-7-10-8-9(2,3)4;1-2;/h6-8,11,13,17H,4-5,9-10,12H2,1-3H3;5-8H2,1-4H3;2H,1H3;1H. The van der Waals surface area contributed by atoms with Crippen LogP contribution in [0.4, 0.5) is 0 Å². The highest BCUT2D eigenvalue weighted by molar-refractivity contribution is 5.33. The lowest BCUT2D eigenvalue weighted by molar-refractivity contribution is 0.0694. The Bertz CT molecular complexity index is 529. The molecule has 1 aliphatic carbocycles. The number of hydrogen-bond acceptors (Lipinski definition) is 4. The van der Waals surface area contributed by atoms with E-state index >= 15 is 0 Å². The SMILES string of the molecule is CCC(CC)(NC)c1cccc(OCC2CC2)c1.CCCCOCC(C)(C)C.CO.[HH]. The molecule has 0 aromatic heterocycles. The van der Waals surface area contributed by atoms with Gasteiger partial charge in [0.15, 0.2) is 0 Å². The van der Waals surface area contributed by atoms with Crippen molar-refractivity contribution in [1.82, 2.24) is 5.32 Å². The van der Waals surface area contributed by atoms with E-state index in [4.69, 9.17) is 14.6 Å². The van der Waals surface area contributed by atoms with Crippen molar-refractivity contribution in [3.05, 3.63) is 29.8 Å². The zero-order valence-electron chi connectivity index (χ0n) is 21.0. The minimum Gasteiger partial charge on any atom is -0.493 e. The Morgan fingerprint density at radius 1 is 1.10 bits per heavy atom. The van der Waals surface area contributed by atoms with Crippen LogP contribution >= 0.6 is 0 Å². The highest BCUT2D eigenvalue weighted by atomic mass is 16.5. The molecule has 2 N–H and O–H groups in total. The van der Waals surface area contributed by atoms with Crippen LogP contribution in [0.5, 0.6) is 5.75 Å². The van der Waals surface area contributed by atoms with E-state index < -0.39 is 0 Å². The highest BCUT2D eigenvalue weighted by Gasteiger charge is 2.27. The van der Waals surface area contributed by atoms with Crippen molar-refractivity contribution >= 4 is 0 Å². The molecule has 1 saturated carbocycles. The van der Waals surface area contributed by atoms with E-state index in [1.54, 1.807) is 0 Å². The van der Waals surface area contributed by atoms with Gasteiger partial charge in [-0.3, -0.25) is 0 Å². The number of benzene rings is 1. The molecular weight excluding hydrogens is 374 g/mol. The van der Waals surface area contributed by atoms with Gasteiger partial charge < -0.3 is 19.9 Å². The molecule has 0 unspecified atom stereocenters. The third-order valence-electron chi connectivity index (χ3n) is 5.43. The summed E-state index contributed by atoms with van der Waals surface area (Å²) in [6.07, 6.45) is 7.27. The summed E-state index contributed by atoms with van der Waals surface area (Å²) in [5.41, 5.74) is 1.75. The van der Waals surface area contributed by atoms with Gasteiger partial charge in [-0.05, 0) is 68.2 Å². The molecule has 1 fully saturated rings. The van der Waals surface area contributed by atoms with Gasteiger partial charge in [0.05, 0.1) is 13.2 Å². The molecule has 4 heteroatoms. The van der Waals surface area contributed by atoms with Crippen LogP contribution in [0.3, 0.4) is 0 Å². The van der Waals surface area contributed by atoms with E-state index in [1.807, 2.05) is 7.05 Å². The summed E-state index contributed by atoms with van der Waals surface area (Å²) < 4.78 is 11.3. The van der Waals surface area contributed by atoms with E-state index in [1.165, 1.54) is 31.2 Å². The summed E-state index contributed by atoms with van der Waals surface area (Å²) >= 11 is 0. The molecule has 1 aromatic rings. The van der Waals surface area contributed by atoms with E-state index in [0.29, 0.717) is 5.41 Å². The Kier molecular flexibility index (Phi) is 15.1. The molecular formula is C26H51NO3. The molecule has 0 radical (unpaired) electrons. The monoisotopic (exact) mass is 425 g/mol. The number of aliphatic hydroxyl groups excluding tert-OH is 1. The first-order chi connectivity index (χ1) is 14.3. The normalized spacial score (nSPS) is 13.6. The highest BCUT2D eigenvalue weighted by Crippen LogP contribution is 2.32. The van der Waals surface area contributed by atoms with E-state index in [2.05, 4.69) is 71.1 Å². The summed E-state index contributed by atoms with van der Waals surface area (Å²) in [6.45, 7) is 15.9. The van der Waals surface area contributed by atoms with Crippen LogP contribution in [0.2, 0.25) is 0 Å². The van der Waals surface area contributed by atoms with E-state index in [9.17, 15) is 0 Å². The first kappa shape index (κ1) is 28.9. The average Bonchev–Trinajstić information content (AvgIpc) is 3.58. The van der Waals surface area contributed by atoms with Crippen LogP contribution in [0.25, 0.3) is 0 Å². The molecule has 0 amide bonds. The Morgan fingerprint density at radius 3 is 2.20 bits per heavy atom. The van der Waals surface area contributed by atoms with Crippen LogP contribution in [0.1, 0.15) is 87.1 Å². The van der Waals surface area contributed by atoms with Crippen molar-refractivity contribution < 1.29 is 16.0 Å². The van der Waals surface area contributed by atoms with Gasteiger partial charge in [-0.25, -0.2) is 0 Å². The predicted octanol–water partition coefficient (Wildman–Crippen LogP) is 6.41. The smallest absolute Gasteiger partial charge is 0.119 e. The molecule has 1 aromatic carbocycles. The van der Waals surface area contributed by atoms with Crippen molar-refractivity contribution in [2.24, 2.45) is 11.3 Å². The van der Waals surface area contributed by atoms with Crippen molar-refractivity contribution in [3.8, 4) is 5.75 Å². The number of ether oxygens (including phenoxy) is 2. The minimum absolute atomic E-state index is 0. The lowest BCUT2D eigenvalue weighted by atomic mass is 9.85. The first-order valence-corrected chi connectivity index (χ1v) is 11.7. The quantitative estimate of drug-likeness (QED) is 0.402. The van der Waals surface area contributed by atoms with Gasteiger partial charge in [-0.1, -0.05) is 60.1 Å². The molecule has 2 rings (SSSR count). The third kappa shape index (κ3) is 11.9. The Labute approximate surface area is 188 Å².